The second-order valence-corrected chi connectivity index (χ2v) is 4.81. The third-order valence-electron chi connectivity index (χ3n) is 2.41. The van der Waals surface area contributed by atoms with Crippen LogP contribution in [0.15, 0.2) is 28.7 Å². The van der Waals surface area contributed by atoms with Crippen LogP contribution in [0.5, 0.6) is 0 Å². The van der Waals surface area contributed by atoms with Gasteiger partial charge in [-0.1, -0.05) is 47.8 Å². The van der Waals surface area contributed by atoms with Crippen LogP contribution in [-0.2, 0) is 11.3 Å². The summed E-state index contributed by atoms with van der Waals surface area (Å²) in [5, 5.41) is 0. The molecule has 2 heteroatoms. The maximum absolute atomic E-state index is 5.75. The summed E-state index contributed by atoms with van der Waals surface area (Å²) in [7, 11) is 0. The second-order valence-electron chi connectivity index (χ2n) is 3.89. The highest BCUT2D eigenvalue weighted by Crippen LogP contribution is 2.13. The molecular weight excluding hydrogens is 252 g/mol. The molecular formula is C13H19BrO. The molecule has 1 aromatic carbocycles. The Balaban J connectivity index is 2.27. The zero-order valence-electron chi connectivity index (χ0n) is 9.50. The molecule has 0 saturated heterocycles. The van der Waals surface area contributed by atoms with E-state index in [-0.39, 0.29) is 0 Å². The number of ether oxygens (including phenoxy) is 1. The van der Waals surface area contributed by atoms with Crippen molar-refractivity contribution in [1.29, 1.82) is 0 Å². The maximum Gasteiger partial charge on any atom is 0.0720 e. The summed E-state index contributed by atoms with van der Waals surface area (Å²) in [6, 6.07) is 8.29. The largest absolute Gasteiger partial charge is 0.374 e. The molecule has 0 bridgehead atoms. The van der Waals surface area contributed by atoms with Gasteiger partial charge >= 0.3 is 0 Å². The molecule has 0 saturated carbocycles. The molecule has 1 nitrogen and oxygen atoms in total. The second kappa shape index (κ2) is 7.02. The Hall–Kier alpha value is -0.340. The van der Waals surface area contributed by atoms with E-state index >= 15 is 0 Å². The third-order valence-corrected chi connectivity index (χ3v) is 2.94. The zero-order chi connectivity index (χ0) is 11.1. The Labute approximate surface area is 101 Å². The molecule has 1 atom stereocenters. The van der Waals surface area contributed by atoms with Gasteiger partial charge in [-0.15, -0.1) is 0 Å². The van der Waals surface area contributed by atoms with Gasteiger partial charge in [-0.05, 0) is 31.0 Å². The minimum absolute atomic E-state index is 0.369. The fourth-order valence-corrected chi connectivity index (χ4v) is 1.66. The van der Waals surface area contributed by atoms with Gasteiger partial charge in [0.25, 0.3) is 0 Å². The third kappa shape index (κ3) is 5.33. The highest BCUT2D eigenvalue weighted by Gasteiger charge is 2.01. The molecule has 0 unspecified atom stereocenters. The standard InChI is InChI=1S/C13H19BrO/c1-3-4-5-11(2)15-10-12-6-8-13(14)9-7-12/h6-9,11H,3-5,10H2,1-2H3/t11-/m0/s1. The first kappa shape index (κ1) is 12.7. The molecule has 0 aliphatic heterocycles. The van der Waals surface area contributed by atoms with Crippen molar-refractivity contribution in [2.45, 2.75) is 45.8 Å². The minimum Gasteiger partial charge on any atom is -0.374 e. The van der Waals surface area contributed by atoms with Crippen LogP contribution in [0.2, 0.25) is 0 Å². The van der Waals surface area contributed by atoms with E-state index in [1.54, 1.807) is 0 Å². The quantitative estimate of drug-likeness (QED) is 0.737. The first-order valence-corrected chi connectivity index (χ1v) is 6.37. The summed E-state index contributed by atoms with van der Waals surface area (Å²) in [5.41, 5.74) is 1.24. The number of benzene rings is 1. The number of halogens is 1. The summed E-state index contributed by atoms with van der Waals surface area (Å²) in [4.78, 5) is 0. The van der Waals surface area contributed by atoms with Crippen molar-refractivity contribution in [2.24, 2.45) is 0 Å². The van der Waals surface area contributed by atoms with Gasteiger partial charge in [0.05, 0.1) is 12.7 Å². The smallest absolute Gasteiger partial charge is 0.0720 e. The van der Waals surface area contributed by atoms with Gasteiger partial charge in [-0.2, -0.15) is 0 Å². The van der Waals surface area contributed by atoms with Crippen LogP contribution >= 0.6 is 15.9 Å². The Morgan fingerprint density at radius 3 is 2.53 bits per heavy atom. The van der Waals surface area contributed by atoms with Crippen LogP contribution in [0, 0.1) is 0 Å². The highest BCUT2D eigenvalue weighted by molar-refractivity contribution is 9.10. The van der Waals surface area contributed by atoms with Crippen LogP contribution in [-0.4, -0.2) is 6.10 Å². The van der Waals surface area contributed by atoms with Crippen LogP contribution in [0.25, 0.3) is 0 Å². The maximum atomic E-state index is 5.75. The van der Waals surface area contributed by atoms with Crippen molar-refractivity contribution in [1.82, 2.24) is 0 Å². The zero-order valence-corrected chi connectivity index (χ0v) is 11.1. The van der Waals surface area contributed by atoms with E-state index in [0.717, 1.165) is 17.5 Å². The lowest BCUT2D eigenvalue weighted by atomic mass is 10.2. The van der Waals surface area contributed by atoms with Crippen LogP contribution in [0.3, 0.4) is 0 Å². The molecule has 84 valence electrons. The number of unbranched alkanes of at least 4 members (excludes halogenated alkanes) is 1. The van der Waals surface area contributed by atoms with Crippen molar-refractivity contribution in [3.63, 3.8) is 0 Å². The Kier molecular flexibility index (Phi) is 5.96. The predicted molar refractivity (Wildman–Crippen MR) is 67.9 cm³/mol. The van der Waals surface area contributed by atoms with Gasteiger partial charge in [0.15, 0.2) is 0 Å². The van der Waals surface area contributed by atoms with Gasteiger partial charge in [-0.3, -0.25) is 0 Å². The summed E-state index contributed by atoms with van der Waals surface area (Å²) < 4.78 is 6.87. The van der Waals surface area contributed by atoms with Crippen molar-refractivity contribution in [3.05, 3.63) is 34.3 Å². The van der Waals surface area contributed by atoms with E-state index < -0.39 is 0 Å². The molecule has 1 aromatic rings. The van der Waals surface area contributed by atoms with Crippen LogP contribution < -0.4 is 0 Å². The number of rotatable bonds is 6. The Bertz CT molecular complexity index is 268. The number of hydrogen-bond donors (Lipinski definition) is 0. The van der Waals surface area contributed by atoms with E-state index in [9.17, 15) is 0 Å². The molecule has 0 spiro atoms. The van der Waals surface area contributed by atoms with E-state index in [4.69, 9.17) is 4.74 Å². The first-order chi connectivity index (χ1) is 7.22. The normalized spacial score (nSPS) is 12.7. The Morgan fingerprint density at radius 1 is 1.27 bits per heavy atom. The van der Waals surface area contributed by atoms with Crippen molar-refractivity contribution >= 4 is 15.9 Å². The average Bonchev–Trinajstić information content (AvgIpc) is 2.25. The fourth-order valence-electron chi connectivity index (χ4n) is 1.39. The molecule has 0 aromatic heterocycles. The fraction of sp³-hybridized carbons (Fsp3) is 0.538. The first-order valence-electron chi connectivity index (χ1n) is 5.58. The number of hydrogen-bond acceptors (Lipinski definition) is 1. The lowest BCUT2D eigenvalue weighted by molar-refractivity contribution is 0.0462. The van der Waals surface area contributed by atoms with Gasteiger partial charge in [0.2, 0.25) is 0 Å². The molecule has 0 N–H and O–H groups in total. The minimum atomic E-state index is 0.369. The summed E-state index contributed by atoms with van der Waals surface area (Å²) in [6.07, 6.45) is 4.02. The molecule has 0 amide bonds. The van der Waals surface area contributed by atoms with Gasteiger partial charge < -0.3 is 4.74 Å². The molecule has 0 radical (unpaired) electrons. The molecule has 0 heterocycles. The topological polar surface area (TPSA) is 9.23 Å². The van der Waals surface area contributed by atoms with Crippen molar-refractivity contribution in [2.75, 3.05) is 0 Å². The van der Waals surface area contributed by atoms with E-state index in [1.165, 1.54) is 18.4 Å². The molecule has 0 fully saturated rings. The summed E-state index contributed by atoms with van der Waals surface area (Å²) in [6.45, 7) is 5.08. The van der Waals surface area contributed by atoms with E-state index in [1.807, 2.05) is 0 Å². The monoisotopic (exact) mass is 270 g/mol. The average molecular weight is 271 g/mol. The van der Waals surface area contributed by atoms with Crippen LogP contribution in [0.4, 0.5) is 0 Å². The van der Waals surface area contributed by atoms with Gasteiger partial charge in [0, 0.05) is 4.47 Å². The predicted octanol–water partition coefficient (Wildman–Crippen LogP) is 4.54. The Morgan fingerprint density at radius 2 is 1.93 bits per heavy atom. The lowest BCUT2D eigenvalue weighted by Crippen LogP contribution is -2.07. The molecule has 0 aliphatic rings. The van der Waals surface area contributed by atoms with Crippen molar-refractivity contribution in [3.8, 4) is 0 Å². The molecule has 1 rings (SSSR count). The van der Waals surface area contributed by atoms with Crippen molar-refractivity contribution < 1.29 is 4.74 Å². The molecule has 15 heavy (non-hydrogen) atoms. The SMILES string of the molecule is CCCC[C@H](C)OCc1ccc(Br)cc1. The molecule has 0 aliphatic carbocycles. The van der Waals surface area contributed by atoms with Gasteiger partial charge in [0.1, 0.15) is 0 Å². The van der Waals surface area contributed by atoms with E-state index in [0.29, 0.717) is 6.10 Å². The van der Waals surface area contributed by atoms with E-state index in [2.05, 4.69) is 54.0 Å². The summed E-state index contributed by atoms with van der Waals surface area (Å²) in [5.74, 6) is 0. The lowest BCUT2D eigenvalue weighted by Gasteiger charge is -2.12. The van der Waals surface area contributed by atoms with Gasteiger partial charge in [-0.25, -0.2) is 0 Å². The van der Waals surface area contributed by atoms with Crippen LogP contribution in [0.1, 0.15) is 38.7 Å². The highest BCUT2D eigenvalue weighted by atomic mass is 79.9. The summed E-state index contributed by atoms with van der Waals surface area (Å²) >= 11 is 3.42.